The van der Waals surface area contributed by atoms with Crippen LogP contribution in [0.5, 0.6) is 0 Å². The zero-order chi connectivity index (χ0) is 23.6. The monoisotopic (exact) mass is 497 g/mol. The van der Waals surface area contributed by atoms with Crippen molar-refractivity contribution >= 4 is 51.0 Å². The molecule has 1 aliphatic carbocycles. The number of benzene rings is 1. The highest BCUT2D eigenvalue weighted by molar-refractivity contribution is 6.34. The van der Waals surface area contributed by atoms with Crippen molar-refractivity contribution in [1.82, 2.24) is 19.5 Å². The molecule has 6 rings (SSSR count). The maximum absolute atomic E-state index is 6.40. The molecule has 3 aromatic heterocycles. The molecule has 1 saturated heterocycles. The number of rotatable bonds is 4. The largest absolute Gasteiger partial charge is 0.382 e. The summed E-state index contributed by atoms with van der Waals surface area (Å²) in [5.74, 6) is 0.0748. The number of hydrogen-bond donors (Lipinski definition) is 1. The first-order valence-electron chi connectivity index (χ1n) is 11.5. The van der Waals surface area contributed by atoms with E-state index in [-0.39, 0.29) is 18.2 Å². The molecule has 34 heavy (non-hydrogen) atoms. The molecular weight excluding hydrogens is 473 g/mol. The van der Waals surface area contributed by atoms with E-state index in [0.29, 0.717) is 21.9 Å². The Morgan fingerprint density at radius 2 is 1.94 bits per heavy atom. The molecule has 4 atom stereocenters. The summed E-state index contributed by atoms with van der Waals surface area (Å²) in [5.41, 5.74) is 8.81. The molecule has 4 heterocycles. The second-order valence-electron chi connectivity index (χ2n) is 9.67. The summed E-state index contributed by atoms with van der Waals surface area (Å²) in [5, 5.41) is 2.78. The lowest BCUT2D eigenvalue weighted by Gasteiger charge is -2.24. The molecule has 1 aliphatic heterocycles. The maximum atomic E-state index is 6.40. The van der Waals surface area contributed by atoms with Crippen molar-refractivity contribution in [3.05, 3.63) is 58.6 Å². The fourth-order valence-corrected chi connectivity index (χ4v) is 5.88. The number of halogens is 2. The Bertz CT molecular complexity index is 1410. The van der Waals surface area contributed by atoms with Crippen LogP contribution in [0.25, 0.3) is 21.9 Å². The van der Waals surface area contributed by atoms with Crippen molar-refractivity contribution in [2.45, 2.75) is 57.1 Å². The van der Waals surface area contributed by atoms with E-state index in [1.165, 1.54) is 11.9 Å². The van der Waals surface area contributed by atoms with Crippen LogP contribution in [0.2, 0.25) is 10.2 Å². The first-order chi connectivity index (χ1) is 16.3. The molecule has 0 bridgehead atoms. The molecule has 7 nitrogen and oxygen atoms in total. The predicted octanol–water partition coefficient (Wildman–Crippen LogP) is 5.58. The Hall–Kier alpha value is -2.45. The van der Waals surface area contributed by atoms with Gasteiger partial charge in [-0.2, -0.15) is 0 Å². The van der Waals surface area contributed by atoms with Gasteiger partial charge in [-0.25, -0.2) is 15.0 Å². The van der Waals surface area contributed by atoms with Gasteiger partial charge in [-0.15, -0.1) is 0 Å². The fourth-order valence-electron chi connectivity index (χ4n) is 5.53. The highest BCUT2D eigenvalue weighted by Crippen LogP contribution is 2.49. The van der Waals surface area contributed by atoms with Crippen LogP contribution in [0.15, 0.2) is 42.9 Å². The summed E-state index contributed by atoms with van der Waals surface area (Å²) < 4.78 is 15.0. The summed E-state index contributed by atoms with van der Waals surface area (Å²) in [7, 11) is 0. The smallest absolute Gasteiger partial charge is 0.163 e. The van der Waals surface area contributed by atoms with Crippen molar-refractivity contribution in [2.75, 3.05) is 5.73 Å². The third-order valence-electron chi connectivity index (χ3n) is 7.04. The molecular formula is C25H25Cl2N5O2. The van der Waals surface area contributed by atoms with E-state index in [1.54, 1.807) is 0 Å². The number of nitrogens with zero attached hydrogens (tertiary/aromatic N) is 4. The third-order valence-corrected chi connectivity index (χ3v) is 7.64. The van der Waals surface area contributed by atoms with Crippen LogP contribution in [0.4, 0.5) is 5.82 Å². The van der Waals surface area contributed by atoms with E-state index in [9.17, 15) is 0 Å². The van der Waals surface area contributed by atoms with Gasteiger partial charge in [0.15, 0.2) is 5.79 Å². The minimum absolute atomic E-state index is 0.0165. The average molecular weight is 498 g/mol. The molecule has 176 valence electrons. The molecule has 1 aromatic carbocycles. The molecule has 0 radical (unpaired) electrons. The molecule has 0 spiro atoms. The molecule has 4 aromatic rings. The zero-order valence-electron chi connectivity index (χ0n) is 18.9. The molecule has 9 heteroatoms. The topological polar surface area (TPSA) is 88.1 Å². The van der Waals surface area contributed by atoms with Crippen molar-refractivity contribution in [3.63, 3.8) is 0 Å². The van der Waals surface area contributed by atoms with E-state index < -0.39 is 5.79 Å². The fraction of sp³-hybridized carbons (Fsp3) is 0.400. The van der Waals surface area contributed by atoms with Gasteiger partial charge >= 0.3 is 0 Å². The van der Waals surface area contributed by atoms with Gasteiger partial charge in [0.05, 0.1) is 28.1 Å². The third kappa shape index (κ3) is 3.71. The summed E-state index contributed by atoms with van der Waals surface area (Å²) in [6.07, 6.45) is 6.33. The van der Waals surface area contributed by atoms with E-state index >= 15 is 0 Å². The number of pyridine rings is 1. The quantitative estimate of drug-likeness (QED) is 0.370. The van der Waals surface area contributed by atoms with Crippen LogP contribution in [0, 0.1) is 5.92 Å². The number of nitrogens with two attached hydrogens (primary N) is 1. The van der Waals surface area contributed by atoms with Crippen LogP contribution in [0.1, 0.15) is 38.3 Å². The first-order valence-corrected chi connectivity index (χ1v) is 12.2. The van der Waals surface area contributed by atoms with Crippen LogP contribution in [0.3, 0.4) is 0 Å². The molecule has 2 unspecified atom stereocenters. The highest BCUT2D eigenvalue weighted by atomic mass is 35.5. The number of hydrogen-bond acceptors (Lipinski definition) is 6. The average Bonchev–Trinajstić information content (AvgIpc) is 3.45. The summed E-state index contributed by atoms with van der Waals surface area (Å²) in [6.45, 7) is 3.97. The minimum Gasteiger partial charge on any atom is -0.382 e. The summed E-state index contributed by atoms with van der Waals surface area (Å²) >= 11 is 12.4. The maximum Gasteiger partial charge on any atom is 0.163 e. The number of nitrogen functional groups attached to an aromatic ring is 1. The van der Waals surface area contributed by atoms with Gasteiger partial charge in [0.25, 0.3) is 0 Å². The van der Waals surface area contributed by atoms with E-state index in [4.69, 9.17) is 38.4 Å². The SMILES string of the molecule is CC1(C)OC2[C@H](O1)C(CCc1ccc3cc(Cl)c(N)nc3c1)C[C@H]2n1ccc2c(Cl)ncnc21. The van der Waals surface area contributed by atoms with E-state index in [0.717, 1.165) is 41.2 Å². The van der Waals surface area contributed by atoms with Gasteiger partial charge < -0.3 is 19.8 Å². The van der Waals surface area contributed by atoms with Gasteiger partial charge in [-0.05, 0) is 62.8 Å². The van der Waals surface area contributed by atoms with Crippen LogP contribution in [-0.4, -0.2) is 37.5 Å². The van der Waals surface area contributed by atoms with Crippen molar-refractivity contribution < 1.29 is 9.47 Å². The minimum atomic E-state index is -0.620. The van der Waals surface area contributed by atoms with Crippen molar-refractivity contribution in [3.8, 4) is 0 Å². The number of anilines is 1. The lowest BCUT2D eigenvalue weighted by atomic mass is 9.95. The number of fused-ring (bicyclic) bond motifs is 3. The lowest BCUT2D eigenvalue weighted by Crippen LogP contribution is -2.27. The molecule has 1 saturated carbocycles. The number of aromatic nitrogens is 4. The molecule has 0 amide bonds. The number of ether oxygens (including phenoxy) is 2. The van der Waals surface area contributed by atoms with E-state index in [1.807, 2.05) is 32.2 Å². The Morgan fingerprint density at radius 3 is 2.79 bits per heavy atom. The first kappa shape index (κ1) is 22.0. The second kappa shape index (κ2) is 8.05. The van der Waals surface area contributed by atoms with Crippen LogP contribution >= 0.6 is 23.2 Å². The molecule has 2 fully saturated rings. The highest BCUT2D eigenvalue weighted by Gasteiger charge is 2.54. The van der Waals surface area contributed by atoms with Crippen molar-refractivity contribution in [2.24, 2.45) is 5.92 Å². The summed E-state index contributed by atoms with van der Waals surface area (Å²) in [6, 6.07) is 10.2. The predicted molar refractivity (Wildman–Crippen MR) is 133 cm³/mol. The zero-order valence-corrected chi connectivity index (χ0v) is 20.4. The summed E-state index contributed by atoms with van der Waals surface area (Å²) in [4.78, 5) is 13.1. The van der Waals surface area contributed by atoms with Gasteiger partial charge in [-0.1, -0.05) is 35.3 Å². The number of aryl methyl sites for hydroxylation is 1. The standard InChI is InChI=1S/C25H25Cl2N5O2/c1-25(2)33-20-15(6-4-13-3-5-14-10-17(26)23(28)31-18(14)9-13)11-19(21(20)34-25)32-8-7-16-22(27)29-12-30-24(16)32/h3,5,7-10,12,15,19-21H,4,6,11H2,1-2H3,(H2,28,31)/t15?,19-,20-,21?/m1/s1. The van der Waals surface area contributed by atoms with Gasteiger partial charge in [0, 0.05) is 11.6 Å². The second-order valence-corrected chi connectivity index (χ2v) is 10.4. The molecule has 2 N–H and O–H groups in total. The van der Waals surface area contributed by atoms with Crippen LogP contribution < -0.4 is 5.73 Å². The van der Waals surface area contributed by atoms with Gasteiger partial charge in [-0.3, -0.25) is 0 Å². The van der Waals surface area contributed by atoms with E-state index in [2.05, 4.69) is 37.7 Å². The normalized spacial score (nSPS) is 25.9. The lowest BCUT2D eigenvalue weighted by molar-refractivity contribution is -0.160. The Labute approximate surface area is 207 Å². The van der Waals surface area contributed by atoms with Gasteiger partial charge in [0.2, 0.25) is 0 Å². The van der Waals surface area contributed by atoms with Gasteiger partial charge in [0.1, 0.15) is 29.0 Å². The van der Waals surface area contributed by atoms with Crippen molar-refractivity contribution in [1.29, 1.82) is 0 Å². The Morgan fingerprint density at radius 1 is 1.12 bits per heavy atom. The Kier molecular flexibility index (Phi) is 5.22. The molecule has 2 aliphatic rings. The Balaban J connectivity index is 1.27. The van der Waals surface area contributed by atoms with Crippen LogP contribution in [-0.2, 0) is 15.9 Å².